The lowest BCUT2D eigenvalue weighted by atomic mass is 9.97. The minimum atomic E-state index is -4.25. The molecule has 2 unspecified atom stereocenters. The van der Waals surface area contributed by atoms with Crippen LogP contribution in [0.1, 0.15) is 32.6 Å². The number of likely N-dealkylation sites (tertiary alicyclic amines) is 1. The van der Waals surface area contributed by atoms with Crippen LogP contribution >= 0.6 is 0 Å². The van der Waals surface area contributed by atoms with Crippen molar-refractivity contribution in [2.24, 2.45) is 0 Å². The Kier molecular flexibility index (Phi) is 6.38. The molecule has 0 bridgehead atoms. The van der Waals surface area contributed by atoms with Crippen molar-refractivity contribution in [1.82, 2.24) is 4.90 Å². The normalized spacial score (nSPS) is 24.2. The molecule has 1 rings (SSSR count). The van der Waals surface area contributed by atoms with Crippen LogP contribution in [0.3, 0.4) is 0 Å². The summed E-state index contributed by atoms with van der Waals surface area (Å²) in [6.07, 6.45) is -0.747. The molecular weight excluding hydrogens is 247 g/mol. The second kappa shape index (κ2) is 7.31. The van der Waals surface area contributed by atoms with Crippen LogP contribution in [0, 0.1) is 0 Å². The Hall–Kier alpha value is -0.330. The van der Waals surface area contributed by atoms with Gasteiger partial charge in [-0.25, -0.2) is 0 Å². The Morgan fingerprint density at radius 2 is 2.11 bits per heavy atom. The molecule has 0 radical (unpaired) electrons. The van der Waals surface area contributed by atoms with Gasteiger partial charge in [0.05, 0.1) is 12.7 Å². The summed E-state index contributed by atoms with van der Waals surface area (Å²) >= 11 is 0. The lowest BCUT2D eigenvalue weighted by Crippen LogP contribution is -2.43. The minimum Gasteiger partial charge on any atom is -0.393 e. The van der Waals surface area contributed by atoms with E-state index in [0.717, 1.165) is 25.8 Å². The number of hydrogen-bond donors (Lipinski definition) is 1. The minimum absolute atomic E-state index is 0.0931. The Balaban J connectivity index is 2.25. The van der Waals surface area contributed by atoms with E-state index in [-0.39, 0.29) is 18.8 Å². The number of alkyl halides is 3. The third-order valence-electron chi connectivity index (χ3n) is 3.15. The van der Waals surface area contributed by atoms with E-state index >= 15 is 0 Å². The van der Waals surface area contributed by atoms with E-state index in [4.69, 9.17) is 0 Å². The predicted molar refractivity (Wildman–Crippen MR) is 62.4 cm³/mol. The number of aliphatic hydroxyl groups is 1. The van der Waals surface area contributed by atoms with Crippen molar-refractivity contribution in [2.45, 2.75) is 50.9 Å². The fraction of sp³-hybridized carbons (Fsp3) is 1.00. The Morgan fingerprint density at radius 1 is 1.39 bits per heavy atom. The molecule has 18 heavy (non-hydrogen) atoms. The molecule has 0 spiro atoms. The van der Waals surface area contributed by atoms with Crippen LogP contribution in [0.5, 0.6) is 0 Å². The van der Waals surface area contributed by atoms with Gasteiger partial charge in [-0.3, -0.25) is 4.90 Å². The van der Waals surface area contributed by atoms with Gasteiger partial charge in [0.2, 0.25) is 0 Å². The monoisotopic (exact) mass is 269 g/mol. The van der Waals surface area contributed by atoms with E-state index in [1.54, 1.807) is 6.92 Å². The van der Waals surface area contributed by atoms with Crippen molar-refractivity contribution in [3.8, 4) is 0 Å². The van der Waals surface area contributed by atoms with E-state index in [2.05, 4.69) is 9.64 Å². The third kappa shape index (κ3) is 6.56. The summed E-state index contributed by atoms with van der Waals surface area (Å²) in [6.45, 7) is 2.05. The Bertz CT molecular complexity index is 234. The number of rotatable bonds is 6. The molecule has 1 aliphatic rings. The highest BCUT2D eigenvalue weighted by atomic mass is 19.4. The number of halogens is 3. The highest BCUT2D eigenvalue weighted by Crippen LogP contribution is 2.21. The number of piperidine rings is 1. The third-order valence-corrected chi connectivity index (χ3v) is 3.15. The molecule has 0 aliphatic carbocycles. The van der Waals surface area contributed by atoms with Gasteiger partial charge in [0, 0.05) is 12.6 Å². The Morgan fingerprint density at radius 3 is 2.72 bits per heavy atom. The molecule has 3 nitrogen and oxygen atoms in total. The lowest BCUT2D eigenvalue weighted by molar-refractivity contribution is -0.175. The SMILES string of the molecule is CC(O)CC1CCCCN1CCOCC(F)(F)F. The van der Waals surface area contributed by atoms with Crippen LogP contribution in [-0.2, 0) is 4.74 Å². The van der Waals surface area contributed by atoms with Gasteiger partial charge in [0.1, 0.15) is 6.61 Å². The highest BCUT2D eigenvalue weighted by molar-refractivity contribution is 4.78. The van der Waals surface area contributed by atoms with E-state index in [9.17, 15) is 18.3 Å². The smallest absolute Gasteiger partial charge is 0.393 e. The molecule has 1 saturated heterocycles. The van der Waals surface area contributed by atoms with Crippen molar-refractivity contribution < 1.29 is 23.0 Å². The van der Waals surface area contributed by atoms with Crippen LogP contribution in [0.15, 0.2) is 0 Å². The van der Waals surface area contributed by atoms with Crippen molar-refractivity contribution in [3.63, 3.8) is 0 Å². The molecule has 0 aromatic rings. The van der Waals surface area contributed by atoms with E-state index < -0.39 is 12.8 Å². The van der Waals surface area contributed by atoms with Gasteiger partial charge >= 0.3 is 6.18 Å². The maximum Gasteiger partial charge on any atom is 0.411 e. The summed E-state index contributed by atoms with van der Waals surface area (Å²) < 4.78 is 40.3. The molecular formula is C12H22F3NO2. The molecule has 1 N–H and O–H groups in total. The highest BCUT2D eigenvalue weighted by Gasteiger charge is 2.28. The van der Waals surface area contributed by atoms with Crippen LogP contribution < -0.4 is 0 Å². The van der Waals surface area contributed by atoms with Gasteiger partial charge in [-0.1, -0.05) is 6.42 Å². The molecule has 0 aromatic carbocycles. The van der Waals surface area contributed by atoms with Crippen LogP contribution in [0.25, 0.3) is 0 Å². The van der Waals surface area contributed by atoms with Gasteiger partial charge < -0.3 is 9.84 Å². The maximum absolute atomic E-state index is 11.9. The second-order valence-electron chi connectivity index (χ2n) is 4.94. The van der Waals surface area contributed by atoms with Crippen molar-refractivity contribution in [1.29, 1.82) is 0 Å². The molecule has 0 aromatic heterocycles. The number of hydrogen-bond acceptors (Lipinski definition) is 3. The second-order valence-corrected chi connectivity index (χ2v) is 4.94. The molecule has 0 amide bonds. The van der Waals surface area contributed by atoms with Crippen LogP contribution in [0.4, 0.5) is 13.2 Å². The van der Waals surface area contributed by atoms with Crippen LogP contribution in [-0.4, -0.2) is 54.6 Å². The fourth-order valence-corrected chi connectivity index (χ4v) is 2.38. The van der Waals surface area contributed by atoms with Gasteiger partial charge in [-0.15, -0.1) is 0 Å². The predicted octanol–water partition coefficient (Wildman–Crippen LogP) is 2.19. The van der Waals surface area contributed by atoms with Crippen molar-refractivity contribution >= 4 is 0 Å². The fourth-order valence-electron chi connectivity index (χ4n) is 2.38. The summed E-state index contributed by atoms with van der Waals surface area (Å²) in [5.74, 6) is 0. The average Bonchev–Trinajstić information content (AvgIpc) is 2.24. The zero-order chi connectivity index (χ0) is 13.6. The molecule has 1 aliphatic heterocycles. The van der Waals surface area contributed by atoms with E-state index in [0.29, 0.717) is 13.0 Å². The van der Waals surface area contributed by atoms with Crippen molar-refractivity contribution in [3.05, 3.63) is 0 Å². The summed E-state index contributed by atoms with van der Waals surface area (Å²) in [5, 5.41) is 9.39. The maximum atomic E-state index is 11.9. The summed E-state index contributed by atoms with van der Waals surface area (Å²) in [5.41, 5.74) is 0. The van der Waals surface area contributed by atoms with Gasteiger partial charge in [-0.2, -0.15) is 13.2 Å². The lowest BCUT2D eigenvalue weighted by Gasteiger charge is -2.36. The first-order chi connectivity index (χ1) is 8.38. The Labute approximate surface area is 106 Å². The zero-order valence-corrected chi connectivity index (χ0v) is 10.7. The summed E-state index contributed by atoms with van der Waals surface area (Å²) in [7, 11) is 0. The number of nitrogens with zero attached hydrogens (tertiary/aromatic N) is 1. The molecule has 2 atom stereocenters. The van der Waals surface area contributed by atoms with E-state index in [1.165, 1.54) is 0 Å². The first-order valence-corrected chi connectivity index (χ1v) is 6.45. The number of aliphatic hydroxyl groups excluding tert-OH is 1. The largest absolute Gasteiger partial charge is 0.411 e. The molecule has 108 valence electrons. The van der Waals surface area contributed by atoms with Gasteiger partial charge in [0.25, 0.3) is 0 Å². The van der Waals surface area contributed by atoms with Crippen LogP contribution in [0.2, 0.25) is 0 Å². The molecule has 1 fully saturated rings. The number of ether oxygens (including phenoxy) is 1. The van der Waals surface area contributed by atoms with E-state index in [1.807, 2.05) is 0 Å². The first-order valence-electron chi connectivity index (χ1n) is 6.45. The van der Waals surface area contributed by atoms with Crippen molar-refractivity contribution in [2.75, 3.05) is 26.3 Å². The van der Waals surface area contributed by atoms with Gasteiger partial charge in [-0.05, 0) is 32.7 Å². The topological polar surface area (TPSA) is 32.7 Å². The first kappa shape index (κ1) is 15.7. The summed E-state index contributed by atoms with van der Waals surface area (Å²) in [6, 6.07) is 0.272. The summed E-state index contributed by atoms with van der Waals surface area (Å²) in [4.78, 5) is 2.13. The quantitative estimate of drug-likeness (QED) is 0.750. The molecule has 0 saturated carbocycles. The molecule has 1 heterocycles. The average molecular weight is 269 g/mol. The standard InChI is InChI=1S/C12H22F3NO2/c1-10(17)8-11-4-2-3-5-16(11)6-7-18-9-12(13,14)15/h10-11,17H,2-9H2,1H3. The zero-order valence-electron chi connectivity index (χ0n) is 10.7. The molecule has 6 heteroatoms. The van der Waals surface area contributed by atoms with Gasteiger partial charge in [0.15, 0.2) is 0 Å².